The SMILES string of the molecule is [2H][C@@]1(CCCC)C(=O)[C@@H]2CCCC[C@@H]21. The maximum atomic E-state index is 11.8. The van der Waals surface area contributed by atoms with Crippen LogP contribution in [0.15, 0.2) is 0 Å². The van der Waals surface area contributed by atoms with Crippen molar-refractivity contribution in [2.45, 2.75) is 51.9 Å². The van der Waals surface area contributed by atoms with Gasteiger partial charge in [-0.3, -0.25) is 4.79 Å². The Labute approximate surface area is 82.3 Å². The highest BCUT2D eigenvalue weighted by Crippen LogP contribution is 2.48. The molecule has 0 amide bonds. The molecule has 0 unspecified atom stereocenters. The van der Waals surface area contributed by atoms with Gasteiger partial charge in [0.25, 0.3) is 0 Å². The fourth-order valence-corrected chi connectivity index (χ4v) is 2.86. The van der Waals surface area contributed by atoms with E-state index in [1.165, 1.54) is 12.8 Å². The Morgan fingerprint density at radius 2 is 2.23 bits per heavy atom. The fourth-order valence-electron chi connectivity index (χ4n) is 2.86. The van der Waals surface area contributed by atoms with E-state index in [0.717, 1.165) is 32.1 Å². The van der Waals surface area contributed by atoms with E-state index in [0.29, 0.717) is 5.92 Å². The summed E-state index contributed by atoms with van der Waals surface area (Å²) in [6.45, 7) is 2.13. The lowest BCUT2D eigenvalue weighted by molar-refractivity contribution is -0.146. The van der Waals surface area contributed by atoms with Crippen molar-refractivity contribution in [3.8, 4) is 0 Å². The summed E-state index contributed by atoms with van der Waals surface area (Å²) in [6.07, 6.45) is 7.59. The minimum Gasteiger partial charge on any atom is -0.299 e. The molecule has 2 aliphatic carbocycles. The molecule has 0 N–H and O–H groups in total. The first-order chi connectivity index (χ1) is 6.70. The van der Waals surface area contributed by atoms with Crippen LogP contribution in [0.4, 0.5) is 0 Å². The van der Waals surface area contributed by atoms with Crippen LogP contribution in [-0.2, 0) is 4.79 Å². The van der Waals surface area contributed by atoms with Crippen molar-refractivity contribution in [1.82, 2.24) is 0 Å². The molecule has 0 spiro atoms. The molecule has 13 heavy (non-hydrogen) atoms. The molecule has 0 saturated heterocycles. The van der Waals surface area contributed by atoms with E-state index in [1.807, 2.05) is 0 Å². The lowest BCUT2D eigenvalue weighted by Gasteiger charge is -2.46. The molecule has 2 fully saturated rings. The number of rotatable bonds is 3. The standard InChI is InChI=1S/C12H20O/c1-2-3-6-10-9-7-4-5-8-11(9)12(10)13/h9-11H,2-8H2,1H3/t9-,10+,11-/m1/s1/i10D. The van der Waals surface area contributed by atoms with E-state index >= 15 is 0 Å². The van der Waals surface area contributed by atoms with Gasteiger partial charge in [0.05, 0.1) is 0 Å². The topological polar surface area (TPSA) is 17.1 Å². The molecule has 0 bridgehead atoms. The third-order valence-electron chi connectivity index (χ3n) is 3.67. The van der Waals surface area contributed by atoms with Gasteiger partial charge in [0.2, 0.25) is 0 Å². The van der Waals surface area contributed by atoms with Crippen LogP contribution in [0.25, 0.3) is 0 Å². The fraction of sp³-hybridized carbons (Fsp3) is 0.917. The minimum absolute atomic E-state index is 0.260. The smallest absolute Gasteiger partial charge is 0.139 e. The summed E-state index contributed by atoms with van der Waals surface area (Å²) in [4.78, 5) is 11.8. The van der Waals surface area contributed by atoms with Gasteiger partial charge in [0, 0.05) is 13.2 Å². The minimum atomic E-state index is -0.666. The average molecular weight is 181 g/mol. The Bertz CT molecular complexity index is 238. The molecule has 2 saturated carbocycles. The summed E-state index contributed by atoms with van der Waals surface area (Å²) in [7, 11) is 0. The second kappa shape index (κ2) is 3.81. The predicted molar refractivity (Wildman–Crippen MR) is 53.5 cm³/mol. The molecule has 0 aliphatic heterocycles. The number of unbranched alkanes of at least 4 members (excludes halogenated alkanes) is 1. The highest BCUT2D eigenvalue weighted by atomic mass is 16.1. The maximum absolute atomic E-state index is 11.8. The van der Waals surface area contributed by atoms with Gasteiger partial charge in [-0.1, -0.05) is 32.6 Å². The highest BCUT2D eigenvalue weighted by molar-refractivity contribution is 5.90. The van der Waals surface area contributed by atoms with E-state index in [2.05, 4.69) is 6.92 Å². The zero-order chi connectivity index (χ0) is 10.2. The second-order valence-corrected chi connectivity index (χ2v) is 4.49. The van der Waals surface area contributed by atoms with Gasteiger partial charge in [-0.25, -0.2) is 0 Å². The van der Waals surface area contributed by atoms with Crippen molar-refractivity contribution in [3.05, 3.63) is 0 Å². The second-order valence-electron chi connectivity index (χ2n) is 4.49. The predicted octanol–water partition coefficient (Wildman–Crippen LogP) is 3.18. The zero-order valence-corrected chi connectivity index (χ0v) is 8.51. The van der Waals surface area contributed by atoms with Gasteiger partial charge in [0.1, 0.15) is 5.78 Å². The van der Waals surface area contributed by atoms with Gasteiger partial charge in [-0.05, 0) is 25.2 Å². The Balaban J connectivity index is 2.01. The molecule has 0 aromatic carbocycles. The highest BCUT2D eigenvalue weighted by Gasteiger charge is 2.48. The van der Waals surface area contributed by atoms with Gasteiger partial charge in [-0.15, -0.1) is 0 Å². The summed E-state index contributed by atoms with van der Waals surface area (Å²) in [5.41, 5.74) is 0. The Morgan fingerprint density at radius 3 is 3.00 bits per heavy atom. The number of fused-ring (bicyclic) bond motifs is 1. The number of hydrogen-bond donors (Lipinski definition) is 0. The quantitative estimate of drug-likeness (QED) is 0.653. The van der Waals surface area contributed by atoms with Crippen molar-refractivity contribution in [2.75, 3.05) is 0 Å². The number of carbonyl (C=O) groups is 1. The molecule has 2 aliphatic rings. The normalized spacial score (nSPS) is 45.0. The van der Waals surface area contributed by atoms with Crippen LogP contribution in [0, 0.1) is 17.7 Å². The van der Waals surface area contributed by atoms with Crippen LogP contribution in [0.5, 0.6) is 0 Å². The first-order valence-electron chi connectivity index (χ1n) is 6.24. The summed E-state index contributed by atoms with van der Waals surface area (Å²) < 4.78 is 8.25. The third-order valence-corrected chi connectivity index (χ3v) is 3.67. The van der Waals surface area contributed by atoms with Gasteiger partial charge >= 0.3 is 0 Å². The van der Waals surface area contributed by atoms with Crippen LogP contribution < -0.4 is 0 Å². The summed E-state index contributed by atoms with van der Waals surface area (Å²) >= 11 is 0. The molecule has 0 aromatic heterocycles. The molecule has 1 heteroatoms. The number of Topliss-reactive ketones (excluding diaryl/α,β-unsaturated/α-hetero) is 1. The summed E-state index contributed by atoms with van der Waals surface area (Å²) in [5, 5.41) is 0. The lowest BCUT2D eigenvalue weighted by atomic mass is 9.56. The van der Waals surface area contributed by atoms with Crippen LogP contribution in [0.1, 0.15) is 53.2 Å². The van der Waals surface area contributed by atoms with E-state index in [9.17, 15) is 4.79 Å². The van der Waals surface area contributed by atoms with E-state index in [1.54, 1.807) is 0 Å². The van der Waals surface area contributed by atoms with Crippen molar-refractivity contribution in [2.24, 2.45) is 17.7 Å². The molecule has 2 rings (SSSR count). The maximum Gasteiger partial charge on any atom is 0.139 e. The first kappa shape index (κ1) is 8.02. The number of carbonyl (C=O) groups excluding carboxylic acids is 1. The van der Waals surface area contributed by atoms with E-state index in [-0.39, 0.29) is 11.7 Å². The molecule has 0 heterocycles. The van der Waals surface area contributed by atoms with Crippen molar-refractivity contribution in [3.63, 3.8) is 0 Å². The molecular formula is C12H20O. The summed E-state index contributed by atoms with van der Waals surface area (Å²) in [6, 6.07) is 0. The Hall–Kier alpha value is -0.330. The van der Waals surface area contributed by atoms with Gasteiger partial charge in [-0.2, -0.15) is 0 Å². The van der Waals surface area contributed by atoms with Crippen LogP contribution in [0.2, 0.25) is 0 Å². The molecule has 0 aromatic rings. The first-order valence-corrected chi connectivity index (χ1v) is 5.74. The molecule has 3 atom stereocenters. The van der Waals surface area contributed by atoms with Crippen LogP contribution in [0.3, 0.4) is 0 Å². The Morgan fingerprint density at radius 1 is 1.46 bits per heavy atom. The van der Waals surface area contributed by atoms with E-state index in [4.69, 9.17) is 1.37 Å². The lowest BCUT2D eigenvalue weighted by Crippen LogP contribution is -2.48. The monoisotopic (exact) mass is 181 g/mol. The number of hydrogen-bond acceptors (Lipinski definition) is 1. The summed E-state index contributed by atoms with van der Waals surface area (Å²) in [5.74, 6) is 0.283. The molecule has 1 nitrogen and oxygen atoms in total. The third kappa shape index (κ3) is 1.53. The van der Waals surface area contributed by atoms with E-state index < -0.39 is 5.89 Å². The van der Waals surface area contributed by atoms with Crippen molar-refractivity contribution >= 4 is 5.78 Å². The van der Waals surface area contributed by atoms with Crippen LogP contribution >= 0.6 is 0 Å². The average Bonchev–Trinajstić information content (AvgIpc) is 2.25. The van der Waals surface area contributed by atoms with Crippen molar-refractivity contribution < 1.29 is 6.17 Å². The zero-order valence-electron chi connectivity index (χ0n) is 9.51. The molecule has 74 valence electrons. The van der Waals surface area contributed by atoms with Gasteiger partial charge < -0.3 is 0 Å². The van der Waals surface area contributed by atoms with Crippen LogP contribution in [-0.4, -0.2) is 5.78 Å². The van der Waals surface area contributed by atoms with Gasteiger partial charge in [0.15, 0.2) is 0 Å². The van der Waals surface area contributed by atoms with Crippen molar-refractivity contribution in [1.29, 1.82) is 0 Å². The molecular weight excluding hydrogens is 160 g/mol. The largest absolute Gasteiger partial charge is 0.299 e. The molecule has 0 radical (unpaired) electrons. The Kier molecular flexibility index (Phi) is 2.35. The number of ketones is 1.